The summed E-state index contributed by atoms with van der Waals surface area (Å²) in [7, 11) is 1.63. The Labute approximate surface area is 179 Å². The zero-order valence-corrected chi connectivity index (χ0v) is 17.6. The van der Waals surface area contributed by atoms with E-state index in [4.69, 9.17) is 4.74 Å². The van der Waals surface area contributed by atoms with E-state index < -0.39 is 0 Å². The molecule has 1 atom stereocenters. The van der Waals surface area contributed by atoms with Gasteiger partial charge in [-0.25, -0.2) is 0 Å². The number of nitrogens with one attached hydrogen (secondary N) is 1. The zero-order valence-electron chi connectivity index (χ0n) is 16.8. The second kappa shape index (κ2) is 9.00. The highest BCUT2D eigenvalue weighted by Gasteiger charge is 2.15. The van der Waals surface area contributed by atoms with E-state index in [1.165, 1.54) is 11.8 Å². The fourth-order valence-electron chi connectivity index (χ4n) is 3.38. The largest absolute Gasteiger partial charge is 0.497 e. The SMILES string of the molecule is COc1cccc(-n2cnnc2SCC(=O)N[C@@H](C)c2cccc3ccccc23)c1. The minimum atomic E-state index is -0.0968. The van der Waals surface area contributed by atoms with Crippen LogP contribution >= 0.6 is 11.8 Å². The molecule has 1 N–H and O–H groups in total. The van der Waals surface area contributed by atoms with Crippen LogP contribution in [0, 0.1) is 0 Å². The number of carbonyl (C=O) groups is 1. The van der Waals surface area contributed by atoms with Crippen LogP contribution in [0.4, 0.5) is 0 Å². The summed E-state index contributed by atoms with van der Waals surface area (Å²) in [4.78, 5) is 12.6. The fourth-order valence-corrected chi connectivity index (χ4v) is 4.12. The van der Waals surface area contributed by atoms with Crippen molar-refractivity contribution >= 4 is 28.4 Å². The molecule has 0 fully saturated rings. The number of rotatable bonds is 7. The van der Waals surface area contributed by atoms with Crippen molar-refractivity contribution in [3.05, 3.63) is 78.6 Å². The van der Waals surface area contributed by atoms with E-state index in [9.17, 15) is 4.79 Å². The Balaban J connectivity index is 1.43. The van der Waals surface area contributed by atoms with E-state index in [2.05, 4.69) is 39.8 Å². The molecule has 0 saturated carbocycles. The quantitative estimate of drug-likeness (QED) is 0.451. The van der Waals surface area contributed by atoms with Crippen LogP contribution in [0.15, 0.2) is 78.2 Å². The van der Waals surface area contributed by atoms with Crippen molar-refractivity contribution in [2.75, 3.05) is 12.9 Å². The minimum Gasteiger partial charge on any atom is -0.497 e. The molecule has 0 unspecified atom stereocenters. The summed E-state index contributed by atoms with van der Waals surface area (Å²) in [5.74, 6) is 0.942. The van der Waals surface area contributed by atoms with Crippen LogP contribution in [0.3, 0.4) is 0 Å². The monoisotopic (exact) mass is 418 g/mol. The third-order valence-electron chi connectivity index (χ3n) is 4.85. The van der Waals surface area contributed by atoms with E-state index in [0.29, 0.717) is 5.16 Å². The summed E-state index contributed by atoms with van der Waals surface area (Å²) in [6.07, 6.45) is 1.63. The standard InChI is InChI=1S/C23H22N4O2S/c1-16(20-12-5-8-17-7-3-4-11-21(17)20)25-22(28)14-30-23-26-24-15-27(23)18-9-6-10-19(13-18)29-2/h3-13,15-16H,14H2,1-2H3,(H,25,28)/t16-/m0/s1. The molecule has 1 aromatic heterocycles. The van der Waals surface area contributed by atoms with Crippen molar-refractivity contribution < 1.29 is 9.53 Å². The summed E-state index contributed by atoms with van der Waals surface area (Å²) >= 11 is 1.35. The Hall–Kier alpha value is -3.32. The zero-order chi connectivity index (χ0) is 20.9. The Morgan fingerprint density at radius 1 is 1.13 bits per heavy atom. The number of hydrogen-bond acceptors (Lipinski definition) is 5. The van der Waals surface area contributed by atoms with Gasteiger partial charge in [-0.2, -0.15) is 0 Å². The minimum absolute atomic E-state index is 0.0550. The van der Waals surface area contributed by atoms with Crippen LogP contribution in [0.2, 0.25) is 0 Å². The van der Waals surface area contributed by atoms with Gasteiger partial charge in [0, 0.05) is 6.07 Å². The normalized spacial score (nSPS) is 11.9. The van der Waals surface area contributed by atoms with Crippen LogP contribution in [-0.2, 0) is 4.79 Å². The third-order valence-corrected chi connectivity index (χ3v) is 5.79. The maximum atomic E-state index is 12.6. The van der Waals surface area contributed by atoms with Gasteiger partial charge >= 0.3 is 0 Å². The van der Waals surface area contributed by atoms with E-state index in [1.807, 2.05) is 54.0 Å². The fraction of sp³-hybridized carbons (Fsp3) is 0.174. The molecule has 0 saturated heterocycles. The molecule has 4 aromatic rings. The lowest BCUT2D eigenvalue weighted by molar-refractivity contribution is -0.119. The van der Waals surface area contributed by atoms with Gasteiger partial charge in [0.2, 0.25) is 5.91 Å². The molecule has 0 aliphatic rings. The van der Waals surface area contributed by atoms with Crippen LogP contribution in [0.1, 0.15) is 18.5 Å². The van der Waals surface area contributed by atoms with E-state index in [1.54, 1.807) is 13.4 Å². The first-order valence-corrected chi connectivity index (χ1v) is 10.6. The van der Waals surface area contributed by atoms with Crippen LogP contribution < -0.4 is 10.1 Å². The molecule has 0 radical (unpaired) electrons. The smallest absolute Gasteiger partial charge is 0.230 e. The summed E-state index contributed by atoms with van der Waals surface area (Å²) in [5, 5.41) is 14.2. The van der Waals surface area contributed by atoms with Crippen LogP contribution in [0.5, 0.6) is 5.75 Å². The number of fused-ring (bicyclic) bond motifs is 1. The van der Waals surface area contributed by atoms with E-state index in [-0.39, 0.29) is 17.7 Å². The first-order chi connectivity index (χ1) is 14.7. The molecule has 0 aliphatic carbocycles. The predicted molar refractivity (Wildman–Crippen MR) is 119 cm³/mol. The van der Waals surface area contributed by atoms with Gasteiger partial charge in [-0.15, -0.1) is 10.2 Å². The predicted octanol–water partition coefficient (Wildman–Crippen LogP) is 4.40. The number of thioether (sulfide) groups is 1. The van der Waals surface area contributed by atoms with Crippen molar-refractivity contribution in [1.29, 1.82) is 0 Å². The lowest BCUT2D eigenvalue weighted by Crippen LogP contribution is -2.28. The summed E-state index contributed by atoms with van der Waals surface area (Å²) in [6, 6.07) is 21.9. The lowest BCUT2D eigenvalue weighted by Gasteiger charge is -2.16. The van der Waals surface area contributed by atoms with Gasteiger partial charge in [0.1, 0.15) is 12.1 Å². The summed E-state index contributed by atoms with van der Waals surface area (Å²) in [6.45, 7) is 2.00. The molecule has 0 bridgehead atoms. The lowest BCUT2D eigenvalue weighted by atomic mass is 10.00. The molecule has 1 amide bonds. The van der Waals surface area contributed by atoms with Crippen molar-refractivity contribution in [2.45, 2.75) is 18.1 Å². The molecule has 6 nitrogen and oxygen atoms in total. The van der Waals surface area contributed by atoms with Gasteiger partial charge in [-0.05, 0) is 35.4 Å². The molecule has 7 heteroatoms. The number of methoxy groups -OCH3 is 1. The highest BCUT2D eigenvalue weighted by atomic mass is 32.2. The van der Waals surface area contributed by atoms with Crippen LogP contribution in [-0.4, -0.2) is 33.5 Å². The maximum absolute atomic E-state index is 12.6. The summed E-state index contributed by atoms with van der Waals surface area (Å²) in [5.41, 5.74) is 1.98. The summed E-state index contributed by atoms with van der Waals surface area (Å²) < 4.78 is 7.12. The van der Waals surface area contributed by atoms with Gasteiger partial charge in [-0.3, -0.25) is 9.36 Å². The molecule has 3 aromatic carbocycles. The van der Waals surface area contributed by atoms with E-state index in [0.717, 1.165) is 27.8 Å². The molecular formula is C23H22N4O2S. The second-order valence-corrected chi connectivity index (χ2v) is 7.77. The van der Waals surface area contributed by atoms with Crippen molar-refractivity contribution in [2.24, 2.45) is 0 Å². The van der Waals surface area contributed by atoms with Gasteiger partial charge in [-0.1, -0.05) is 60.3 Å². The Bertz CT molecular complexity index is 1170. The number of ether oxygens (including phenoxy) is 1. The third kappa shape index (κ3) is 4.31. The number of amides is 1. The Morgan fingerprint density at radius 2 is 1.93 bits per heavy atom. The molecule has 0 spiro atoms. The second-order valence-electron chi connectivity index (χ2n) is 6.83. The first kappa shape index (κ1) is 20.0. The van der Waals surface area contributed by atoms with Crippen molar-refractivity contribution in [1.82, 2.24) is 20.1 Å². The van der Waals surface area contributed by atoms with Gasteiger partial charge in [0.25, 0.3) is 0 Å². The van der Waals surface area contributed by atoms with Gasteiger partial charge in [0.05, 0.1) is 24.6 Å². The van der Waals surface area contributed by atoms with Gasteiger partial charge in [0.15, 0.2) is 5.16 Å². The molecular weight excluding hydrogens is 396 g/mol. The van der Waals surface area contributed by atoms with Crippen molar-refractivity contribution in [3.8, 4) is 11.4 Å². The highest BCUT2D eigenvalue weighted by molar-refractivity contribution is 7.99. The first-order valence-electron chi connectivity index (χ1n) is 9.60. The number of hydrogen-bond donors (Lipinski definition) is 1. The molecule has 0 aliphatic heterocycles. The van der Waals surface area contributed by atoms with Crippen molar-refractivity contribution in [3.63, 3.8) is 0 Å². The average Bonchev–Trinajstić information content (AvgIpc) is 3.26. The highest BCUT2D eigenvalue weighted by Crippen LogP contribution is 2.25. The topological polar surface area (TPSA) is 69.0 Å². The number of benzene rings is 3. The van der Waals surface area contributed by atoms with E-state index >= 15 is 0 Å². The Kier molecular flexibility index (Phi) is 5.99. The number of nitrogens with zero attached hydrogens (tertiary/aromatic N) is 3. The molecule has 1 heterocycles. The number of aromatic nitrogens is 3. The van der Waals surface area contributed by atoms with Crippen LogP contribution in [0.25, 0.3) is 16.5 Å². The average molecular weight is 419 g/mol. The van der Waals surface area contributed by atoms with Gasteiger partial charge < -0.3 is 10.1 Å². The molecule has 30 heavy (non-hydrogen) atoms. The number of carbonyl (C=O) groups excluding carboxylic acids is 1. The molecule has 4 rings (SSSR count). The molecule has 152 valence electrons. The maximum Gasteiger partial charge on any atom is 0.230 e. The Morgan fingerprint density at radius 3 is 2.80 bits per heavy atom.